The van der Waals surface area contributed by atoms with Gasteiger partial charge in [0.05, 0.1) is 17.6 Å². The zero-order valence-electron chi connectivity index (χ0n) is 11.6. The van der Waals surface area contributed by atoms with Crippen LogP contribution in [0.25, 0.3) is 0 Å². The molecule has 1 heterocycles. The standard InChI is InChI=1S/C14H19NO4S/c1-10(2)20(17,18)9-11-3-5-12(6-4-11)15-13-7-8-19-14(13)16/h3-6,10,13,15H,7-9H2,1-2H3/t13-/m0/s1. The zero-order valence-corrected chi connectivity index (χ0v) is 12.4. The molecule has 2 rings (SSSR count). The summed E-state index contributed by atoms with van der Waals surface area (Å²) in [6, 6.07) is 6.80. The fourth-order valence-electron chi connectivity index (χ4n) is 1.92. The molecule has 1 N–H and O–H groups in total. The molecule has 0 amide bonds. The molecule has 6 heteroatoms. The van der Waals surface area contributed by atoms with Crippen LogP contribution in [0.15, 0.2) is 24.3 Å². The van der Waals surface area contributed by atoms with Crippen LogP contribution in [-0.2, 0) is 25.1 Å². The molecule has 5 nitrogen and oxygen atoms in total. The number of rotatable bonds is 5. The van der Waals surface area contributed by atoms with E-state index in [1.54, 1.807) is 38.1 Å². The molecule has 1 aromatic rings. The number of hydrogen-bond donors (Lipinski definition) is 1. The first-order chi connectivity index (χ1) is 9.38. The van der Waals surface area contributed by atoms with Gasteiger partial charge in [-0.25, -0.2) is 13.2 Å². The van der Waals surface area contributed by atoms with E-state index in [4.69, 9.17) is 4.74 Å². The quantitative estimate of drug-likeness (QED) is 0.838. The lowest BCUT2D eigenvalue weighted by atomic mass is 10.2. The SMILES string of the molecule is CC(C)S(=O)(=O)Cc1ccc(N[C@H]2CCOC2=O)cc1. The normalized spacial score (nSPS) is 19.1. The number of esters is 1. The van der Waals surface area contributed by atoms with Crippen LogP contribution in [0.4, 0.5) is 5.69 Å². The zero-order chi connectivity index (χ0) is 14.8. The van der Waals surface area contributed by atoms with Gasteiger partial charge in [0.2, 0.25) is 0 Å². The fourth-order valence-corrected chi connectivity index (χ4v) is 2.91. The van der Waals surface area contributed by atoms with Crippen LogP contribution in [0, 0.1) is 0 Å². The van der Waals surface area contributed by atoms with Gasteiger partial charge in [-0.3, -0.25) is 0 Å². The summed E-state index contributed by atoms with van der Waals surface area (Å²) in [6.07, 6.45) is 0.655. The number of hydrogen-bond acceptors (Lipinski definition) is 5. The minimum atomic E-state index is -3.09. The van der Waals surface area contributed by atoms with Crippen molar-refractivity contribution in [2.45, 2.75) is 37.3 Å². The third-order valence-electron chi connectivity index (χ3n) is 3.32. The highest BCUT2D eigenvalue weighted by molar-refractivity contribution is 7.91. The van der Waals surface area contributed by atoms with Crippen molar-refractivity contribution in [2.24, 2.45) is 0 Å². The highest BCUT2D eigenvalue weighted by Crippen LogP contribution is 2.17. The third-order valence-corrected chi connectivity index (χ3v) is 5.49. The molecular formula is C14H19NO4S. The Balaban J connectivity index is 2.01. The molecule has 1 fully saturated rings. The van der Waals surface area contributed by atoms with Crippen LogP contribution in [0.5, 0.6) is 0 Å². The van der Waals surface area contributed by atoms with Crippen molar-refractivity contribution >= 4 is 21.5 Å². The molecule has 1 aliphatic heterocycles. The summed E-state index contributed by atoms with van der Waals surface area (Å²) < 4.78 is 28.5. The number of benzene rings is 1. The Morgan fingerprint density at radius 1 is 1.30 bits per heavy atom. The minimum Gasteiger partial charge on any atom is -0.464 e. The Labute approximate surface area is 119 Å². The van der Waals surface area contributed by atoms with Gasteiger partial charge in [0.25, 0.3) is 0 Å². The van der Waals surface area contributed by atoms with Gasteiger partial charge in [-0.15, -0.1) is 0 Å². The molecule has 0 aliphatic carbocycles. The summed E-state index contributed by atoms with van der Waals surface area (Å²) in [5.74, 6) is -0.201. The summed E-state index contributed by atoms with van der Waals surface area (Å²) in [5, 5.41) is 2.70. The van der Waals surface area contributed by atoms with Gasteiger partial charge >= 0.3 is 5.97 Å². The first kappa shape index (κ1) is 14.8. The van der Waals surface area contributed by atoms with E-state index in [-0.39, 0.29) is 23.0 Å². The van der Waals surface area contributed by atoms with Crippen molar-refractivity contribution in [3.8, 4) is 0 Å². The lowest BCUT2D eigenvalue weighted by Crippen LogP contribution is -2.24. The molecule has 0 aromatic heterocycles. The van der Waals surface area contributed by atoms with E-state index in [2.05, 4.69) is 5.32 Å². The molecule has 1 aliphatic rings. The van der Waals surface area contributed by atoms with Crippen molar-refractivity contribution in [2.75, 3.05) is 11.9 Å². The van der Waals surface area contributed by atoms with Crippen molar-refractivity contribution in [1.82, 2.24) is 0 Å². The summed E-state index contributed by atoms with van der Waals surface area (Å²) in [4.78, 5) is 11.3. The van der Waals surface area contributed by atoms with Crippen LogP contribution in [0.1, 0.15) is 25.8 Å². The van der Waals surface area contributed by atoms with Gasteiger partial charge < -0.3 is 10.1 Å². The maximum Gasteiger partial charge on any atom is 0.328 e. The molecule has 0 saturated carbocycles. The van der Waals surface area contributed by atoms with Gasteiger partial charge in [0.1, 0.15) is 6.04 Å². The predicted molar refractivity (Wildman–Crippen MR) is 77.2 cm³/mol. The molecule has 0 unspecified atom stereocenters. The van der Waals surface area contributed by atoms with Gasteiger partial charge in [-0.05, 0) is 31.5 Å². The van der Waals surface area contributed by atoms with E-state index >= 15 is 0 Å². The van der Waals surface area contributed by atoms with E-state index in [1.807, 2.05) is 0 Å². The average Bonchev–Trinajstić information content (AvgIpc) is 2.77. The second-order valence-electron chi connectivity index (χ2n) is 5.21. The van der Waals surface area contributed by atoms with E-state index < -0.39 is 9.84 Å². The van der Waals surface area contributed by atoms with Gasteiger partial charge in [-0.1, -0.05) is 12.1 Å². The number of carbonyl (C=O) groups is 1. The van der Waals surface area contributed by atoms with E-state index in [1.165, 1.54) is 0 Å². The summed E-state index contributed by atoms with van der Waals surface area (Å²) in [7, 11) is -3.09. The summed E-state index contributed by atoms with van der Waals surface area (Å²) in [6.45, 7) is 3.80. The topological polar surface area (TPSA) is 72.5 Å². The summed E-state index contributed by atoms with van der Waals surface area (Å²) >= 11 is 0. The third kappa shape index (κ3) is 3.50. The number of nitrogens with one attached hydrogen (secondary N) is 1. The summed E-state index contributed by atoms with van der Waals surface area (Å²) in [5.41, 5.74) is 1.54. The lowest BCUT2D eigenvalue weighted by Gasteiger charge is -2.11. The largest absolute Gasteiger partial charge is 0.464 e. The molecule has 1 atom stereocenters. The number of ether oxygens (including phenoxy) is 1. The Bertz CT molecular complexity index is 578. The highest BCUT2D eigenvalue weighted by Gasteiger charge is 2.26. The minimum absolute atomic E-state index is 0.0381. The smallest absolute Gasteiger partial charge is 0.328 e. The van der Waals surface area contributed by atoms with Crippen LogP contribution < -0.4 is 5.32 Å². The van der Waals surface area contributed by atoms with Gasteiger partial charge in [-0.2, -0.15) is 0 Å². The number of carbonyl (C=O) groups excluding carboxylic acids is 1. The van der Waals surface area contributed by atoms with Crippen molar-refractivity contribution in [3.63, 3.8) is 0 Å². The number of anilines is 1. The predicted octanol–water partition coefficient (Wildman–Crippen LogP) is 1.74. The number of sulfone groups is 1. The van der Waals surface area contributed by atoms with Crippen LogP contribution >= 0.6 is 0 Å². The molecule has 0 radical (unpaired) electrons. The second-order valence-corrected chi connectivity index (χ2v) is 7.76. The Morgan fingerprint density at radius 2 is 1.95 bits per heavy atom. The van der Waals surface area contributed by atoms with E-state index in [9.17, 15) is 13.2 Å². The Morgan fingerprint density at radius 3 is 2.45 bits per heavy atom. The fraction of sp³-hybridized carbons (Fsp3) is 0.500. The number of cyclic esters (lactones) is 1. The Hall–Kier alpha value is -1.56. The Kier molecular flexibility index (Phi) is 4.32. The monoisotopic (exact) mass is 297 g/mol. The average molecular weight is 297 g/mol. The maximum atomic E-state index is 11.8. The van der Waals surface area contributed by atoms with Crippen molar-refractivity contribution < 1.29 is 17.9 Å². The molecule has 0 spiro atoms. The molecule has 20 heavy (non-hydrogen) atoms. The second kappa shape index (κ2) is 5.83. The van der Waals surface area contributed by atoms with Gasteiger partial charge in [0, 0.05) is 12.1 Å². The van der Waals surface area contributed by atoms with Crippen molar-refractivity contribution in [3.05, 3.63) is 29.8 Å². The molecule has 1 aromatic carbocycles. The molecule has 1 saturated heterocycles. The van der Waals surface area contributed by atoms with Crippen molar-refractivity contribution in [1.29, 1.82) is 0 Å². The first-order valence-corrected chi connectivity index (χ1v) is 8.34. The van der Waals surface area contributed by atoms with Crippen LogP contribution in [0.3, 0.4) is 0 Å². The molecule has 110 valence electrons. The van der Waals surface area contributed by atoms with E-state index in [0.29, 0.717) is 13.0 Å². The molecular weight excluding hydrogens is 278 g/mol. The van der Waals surface area contributed by atoms with E-state index in [0.717, 1.165) is 11.3 Å². The highest BCUT2D eigenvalue weighted by atomic mass is 32.2. The van der Waals surface area contributed by atoms with Crippen LogP contribution in [0.2, 0.25) is 0 Å². The van der Waals surface area contributed by atoms with Crippen LogP contribution in [-0.4, -0.2) is 32.3 Å². The maximum absolute atomic E-state index is 11.8. The first-order valence-electron chi connectivity index (χ1n) is 6.62. The lowest BCUT2D eigenvalue weighted by molar-refractivity contribution is -0.138. The molecule has 0 bridgehead atoms. The van der Waals surface area contributed by atoms with Gasteiger partial charge in [0.15, 0.2) is 9.84 Å².